The first-order valence-corrected chi connectivity index (χ1v) is 7.48. The summed E-state index contributed by atoms with van der Waals surface area (Å²) in [6.07, 6.45) is 3.68. The molecule has 2 rings (SSSR count). The third-order valence-corrected chi connectivity index (χ3v) is 3.92. The number of aryl methyl sites for hydroxylation is 1. The Hall–Kier alpha value is -2.04. The van der Waals surface area contributed by atoms with E-state index < -0.39 is 5.97 Å². The minimum atomic E-state index is -0.813. The number of benzene rings is 1. The molecule has 0 aromatic heterocycles. The van der Waals surface area contributed by atoms with E-state index in [2.05, 4.69) is 12.2 Å². The number of rotatable bonds is 5. The van der Waals surface area contributed by atoms with Gasteiger partial charge in [0.05, 0.1) is 0 Å². The summed E-state index contributed by atoms with van der Waals surface area (Å²) in [5, 5.41) is 11.6. The van der Waals surface area contributed by atoms with Gasteiger partial charge in [-0.05, 0) is 43.4 Å². The van der Waals surface area contributed by atoms with Gasteiger partial charge in [0.1, 0.15) is 0 Å². The number of carbonyl (C=O) groups is 2. The highest BCUT2D eigenvalue weighted by atomic mass is 16.4. The number of carbonyl (C=O) groups excluding carboxylic acids is 1. The van der Waals surface area contributed by atoms with Gasteiger partial charge in [0.15, 0.2) is 0 Å². The number of nitrogens with one attached hydrogen (secondary N) is 1. The van der Waals surface area contributed by atoms with Gasteiger partial charge in [0.2, 0.25) is 0 Å². The Morgan fingerprint density at radius 2 is 2.24 bits per heavy atom. The zero-order valence-corrected chi connectivity index (χ0v) is 12.3. The molecule has 0 radical (unpaired) electrons. The SMILES string of the molecule is CCC1CCCN1C(=O)Nc1cccc(CCC(=O)O)c1. The zero-order chi connectivity index (χ0) is 15.2. The molecule has 1 aromatic rings. The van der Waals surface area contributed by atoms with Crippen molar-refractivity contribution in [2.45, 2.75) is 45.1 Å². The summed E-state index contributed by atoms with van der Waals surface area (Å²) in [5.74, 6) is -0.813. The van der Waals surface area contributed by atoms with E-state index in [1.807, 2.05) is 29.2 Å². The smallest absolute Gasteiger partial charge is 0.322 e. The standard InChI is InChI=1S/C16H22N2O3/c1-2-14-7-4-10-18(14)16(21)17-13-6-3-5-12(11-13)8-9-15(19)20/h3,5-6,11,14H,2,4,7-10H2,1H3,(H,17,21)(H,19,20). The van der Waals surface area contributed by atoms with E-state index in [-0.39, 0.29) is 12.5 Å². The number of carboxylic acid groups (broad SMARTS) is 1. The number of aliphatic carboxylic acids is 1. The molecule has 1 aliphatic rings. The number of urea groups is 1. The monoisotopic (exact) mass is 290 g/mol. The molecule has 1 atom stereocenters. The maximum Gasteiger partial charge on any atom is 0.322 e. The van der Waals surface area contributed by atoms with E-state index >= 15 is 0 Å². The first-order chi connectivity index (χ1) is 10.1. The second kappa shape index (κ2) is 7.11. The van der Waals surface area contributed by atoms with Crippen LogP contribution in [0, 0.1) is 0 Å². The average Bonchev–Trinajstić information content (AvgIpc) is 2.94. The second-order valence-corrected chi connectivity index (χ2v) is 5.42. The van der Waals surface area contributed by atoms with Gasteiger partial charge in [0.25, 0.3) is 0 Å². The average molecular weight is 290 g/mol. The highest BCUT2D eigenvalue weighted by Gasteiger charge is 2.27. The van der Waals surface area contributed by atoms with Crippen LogP contribution in [0.25, 0.3) is 0 Å². The molecule has 2 amide bonds. The van der Waals surface area contributed by atoms with Crippen LogP contribution in [0.15, 0.2) is 24.3 Å². The van der Waals surface area contributed by atoms with Gasteiger partial charge in [-0.15, -0.1) is 0 Å². The Morgan fingerprint density at radius 3 is 2.95 bits per heavy atom. The van der Waals surface area contributed by atoms with Gasteiger partial charge in [-0.3, -0.25) is 4.79 Å². The molecule has 1 aliphatic heterocycles. The van der Waals surface area contributed by atoms with Crippen LogP contribution in [-0.2, 0) is 11.2 Å². The summed E-state index contributed by atoms with van der Waals surface area (Å²) >= 11 is 0. The molecule has 1 fully saturated rings. The molecule has 1 unspecified atom stereocenters. The molecule has 1 aromatic carbocycles. The lowest BCUT2D eigenvalue weighted by molar-refractivity contribution is -0.136. The molecule has 5 heteroatoms. The fraction of sp³-hybridized carbons (Fsp3) is 0.500. The van der Waals surface area contributed by atoms with E-state index in [1.54, 1.807) is 0 Å². The number of anilines is 1. The van der Waals surface area contributed by atoms with Crippen LogP contribution < -0.4 is 5.32 Å². The van der Waals surface area contributed by atoms with Crippen molar-refractivity contribution in [3.05, 3.63) is 29.8 Å². The molecule has 0 saturated carbocycles. The summed E-state index contributed by atoms with van der Waals surface area (Å²) in [5.41, 5.74) is 1.65. The highest BCUT2D eigenvalue weighted by molar-refractivity contribution is 5.89. The van der Waals surface area contributed by atoms with E-state index in [9.17, 15) is 9.59 Å². The molecule has 1 saturated heterocycles. The number of amides is 2. The largest absolute Gasteiger partial charge is 0.481 e. The Morgan fingerprint density at radius 1 is 1.43 bits per heavy atom. The van der Waals surface area contributed by atoms with E-state index in [1.165, 1.54) is 0 Å². The fourth-order valence-electron chi connectivity index (χ4n) is 2.78. The Balaban J connectivity index is 1.97. The van der Waals surface area contributed by atoms with E-state index in [0.29, 0.717) is 12.5 Å². The van der Waals surface area contributed by atoms with Crippen molar-refractivity contribution in [2.24, 2.45) is 0 Å². The molecule has 0 aliphatic carbocycles. The minimum absolute atomic E-state index is 0.0604. The van der Waals surface area contributed by atoms with Gasteiger partial charge in [-0.25, -0.2) is 4.79 Å². The van der Waals surface area contributed by atoms with Crippen molar-refractivity contribution in [3.8, 4) is 0 Å². The number of likely N-dealkylation sites (tertiary alicyclic amines) is 1. The van der Waals surface area contributed by atoms with Crippen molar-refractivity contribution in [1.82, 2.24) is 4.90 Å². The molecule has 5 nitrogen and oxygen atoms in total. The van der Waals surface area contributed by atoms with E-state index in [0.717, 1.165) is 37.1 Å². The number of carboxylic acids is 1. The molecule has 114 valence electrons. The van der Waals surface area contributed by atoms with Crippen LogP contribution in [0.1, 0.15) is 38.2 Å². The van der Waals surface area contributed by atoms with Crippen LogP contribution in [0.4, 0.5) is 10.5 Å². The minimum Gasteiger partial charge on any atom is -0.481 e. The molecular formula is C16H22N2O3. The first-order valence-electron chi connectivity index (χ1n) is 7.48. The quantitative estimate of drug-likeness (QED) is 0.875. The van der Waals surface area contributed by atoms with Crippen LogP contribution >= 0.6 is 0 Å². The summed E-state index contributed by atoms with van der Waals surface area (Å²) in [7, 11) is 0. The Bertz CT molecular complexity index is 516. The molecule has 2 N–H and O–H groups in total. The van der Waals surface area contributed by atoms with Crippen LogP contribution in [0.3, 0.4) is 0 Å². The Labute approximate surface area is 125 Å². The van der Waals surface area contributed by atoms with Crippen molar-refractivity contribution in [1.29, 1.82) is 0 Å². The van der Waals surface area contributed by atoms with Crippen LogP contribution in [0.2, 0.25) is 0 Å². The van der Waals surface area contributed by atoms with Crippen LogP contribution in [0.5, 0.6) is 0 Å². The lowest BCUT2D eigenvalue weighted by Crippen LogP contribution is -2.38. The fourth-order valence-corrected chi connectivity index (χ4v) is 2.78. The van der Waals surface area contributed by atoms with E-state index in [4.69, 9.17) is 5.11 Å². The third kappa shape index (κ3) is 4.21. The second-order valence-electron chi connectivity index (χ2n) is 5.42. The number of hydrogen-bond acceptors (Lipinski definition) is 2. The number of nitrogens with zero attached hydrogens (tertiary/aromatic N) is 1. The van der Waals surface area contributed by atoms with Gasteiger partial charge >= 0.3 is 12.0 Å². The van der Waals surface area contributed by atoms with Gasteiger partial charge < -0.3 is 15.3 Å². The predicted octanol–water partition coefficient (Wildman–Crippen LogP) is 3.11. The summed E-state index contributed by atoms with van der Waals surface area (Å²) in [4.78, 5) is 24.8. The maximum atomic E-state index is 12.3. The van der Waals surface area contributed by atoms with Gasteiger partial charge in [-0.1, -0.05) is 19.1 Å². The summed E-state index contributed by atoms with van der Waals surface area (Å²) in [6.45, 7) is 2.91. The van der Waals surface area contributed by atoms with Crippen LogP contribution in [-0.4, -0.2) is 34.6 Å². The predicted molar refractivity (Wildman–Crippen MR) is 81.4 cm³/mol. The molecular weight excluding hydrogens is 268 g/mol. The highest BCUT2D eigenvalue weighted by Crippen LogP contribution is 2.21. The number of hydrogen-bond donors (Lipinski definition) is 2. The van der Waals surface area contributed by atoms with Gasteiger partial charge in [0, 0.05) is 24.7 Å². The third-order valence-electron chi connectivity index (χ3n) is 3.92. The summed E-state index contributed by atoms with van der Waals surface area (Å²) < 4.78 is 0. The first kappa shape index (κ1) is 15.4. The van der Waals surface area contributed by atoms with Crippen molar-refractivity contribution >= 4 is 17.7 Å². The molecule has 0 spiro atoms. The lowest BCUT2D eigenvalue weighted by atomic mass is 10.1. The molecule has 0 bridgehead atoms. The lowest BCUT2D eigenvalue weighted by Gasteiger charge is -2.24. The molecule has 1 heterocycles. The van der Waals surface area contributed by atoms with Crippen molar-refractivity contribution in [3.63, 3.8) is 0 Å². The molecule has 21 heavy (non-hydrogen) atoms. The van der Waals surface area contributed by atoms with Crippen molar-refractivity contribution in [2.75, 3.05) is 11.9 Å². The Kier molecular flexibility index (Phi) is 5.20. The van der Waals surface area contributed by atoms with Crippen molar-refractivity contribution < 1.29 is 14.7 Å². The summed E-state index contributed by atoms with van der Waals surface area (Å²) in [6, 6.07) is 7.67. The topological polar surface area (TPSA) is 69.6 Å². The maximum absolute atomic E-state index is 12.3. The normalized spacial score (nSPS) is 17.8. The van der Waals surface area contributed by atoms with Gasteiger partial charge in [-0.2, -0.15) is 0 Å². The zero-order valence-electron chi connectivity index (χ0n) is 12.3.